The molecule has 11 aromatic carbocycles. The number of aliphatic imine (C=N–C) groups is 1. The van der Waals surface area contributed by atoms with Gasteiger partial charge in [0.1, 0.15) is 11.5 Å². The fourth-order valence-corrected chi connectivity index (χ4v) is 10.4. The molecular weight excluding hydrogens is 837 g/mol. The Morgan fingerprint density at radius 3 is 1.39 bits per heavy atom. The third-order valence-corrected chi connectivity index (χ3v) is 13.5. The lowest BCUT2D eigenvalue weighted by Gasteiger charge is -2.17. The fourth-order valence-electron chi connectivity index (χ4n) is 10.4. The Kier molecular flexibility index (Phi) is 7.87. The molecule has 0 amide bonds. The van der Waals surface area contributed by atoms with E-state index in [1.807, 2.05) is 36.4 Å². The molecule has 3 heteroatoms. The van der Waals surface area contributed by atoms with Crippen LogP contribution in [0.1, 0.15) is 15.2 Å². The van der Waals surface area contributed by atoms with E-state index in [9.17, 15) is 2.74 Å². The van der Waals surface area contributed by atoms with Crippen LogP contribution in [-0.4, -0.2) is 11.7 Å². The van der Waals surface area contributed by atoms with Crippen molar-refractivity contribution in [2.75, 3.05) is 0 Å². The monoisotopic (exact) mass is 885 g/mol. The van der Waals surface area contributed by atoms with E-state index in [1.165, 1.54) is 0 Å². The number of fused-ring (bicyclic) bond motifs is 6. The van der Waals surface area contributed by atoms with Crippen LogP contribution in [0.3, 0.4) is 0 Å². The highest BCUT2D eigenvalue weighted by Gasteiger charge is 2.29. The number of aromatic nitrogens is 1. The zero-order chi connectivity index (χ0) is 51.8. The summed E-state index contributed by atoms with van der Waals surface area (Å²) in [5.41, 5.74) is 8.37. The van der Waals surface area contributed by atoms with Crippen molar-refractivity contribution in [1.29, 1.82) is 0 Å². The molecule has 13 rings (SSSR count). The van der Waals surface area contributed by atoms with Crippen molar-refractivity contribution >= 4 is 83.2 Å². The molecule has 0 aliphatic heterocycles. The Hall–Kier alpha value is -9.18. The molecule has 0 spiro atoms. The summed E-state index contributed by atoms with van der Waals surface area (Å²) in [6, 6.07) is 67.7. The van der Waals surface area contributed by atoms with Gasteiger partial charge in [-0.25, -0.2) is 4.98 Å². The van der Waals surface area contributed by atoms with Crippen molar-refractivity contribution in [2.45, 2.75) is 0 Å². The highest BCUT2D eigenvalue weighted by atomic mass is 16.3. The van der Waals surface area contributed by atoms with Crippen LogP contribution in [0.15, 0.2) is 240 Å². The van der Waals surface area contributed by atoms with Crippen LogP contribution >= 0.6 is 0 Å². The summed E-state index contributed by atoms with van der Waals surface area (Å²) in [7, 11) is 0. The summed E-state index contributed by atoms with van der Waals surface area (Å²) in [6.07, 6.45) is 0. The molecule has 0 atom stereocenters. The third-order valence-electron chi connectivity index (χ3n) is 13.5. The van der Waals surface area contributed by atoms with Gasteiger partial charge in [-0.1, -0.05) is 231 Å². The quantitative estimate of drug-likeness (QED) is 0.143. The SMILES string of the molecule is [2H]C=Nc1c(C([2H])=C[2H])c([2H])c([2H])c2c([2H])c([2H])c(-c3ccc(-c4ccc(-c5c(-c6cccc7ccccc67)oc(-c6cccc7ccccc67)c5-c5cccc6ccccc56)c5ccccc45)c4ccccc34)nc12. The van der Waals surface area contributed by atoms with Crippen LogP contribution in [0.2, 0.25) is 0 Å². The van der Waals surface area contributed by atoms with Gasteiger partial charge in [0.25, 0.3) is 0 Å². The first-order valence-corrected chi connectivity index (χ1v) is 22.8. The van der Waals surface area contributed by atoms with Crippen LogP contribution in [0, 0.1) is 0 Å². The maximum atomic E-state index is 9.32. The minimum Gasteiger partial charge on any atom is -0.455 e. The van der Waals surface area contributed by atoms with Crippen molar-refractivity contribution in [1.82, 2.24) is 4.98 Å². The molecule has 0 bridgehead atoms. The van der Waals surface area contributed by atoms with Crippen LogP contribution < -0.4 is 0 Å². The van der Waals surface area contributed by atoms with Gasteiger partial charge in [-0.05, 0) is 88.9 Å². The van der Waals surface area contributed by atoms with Gasteiger partial charge in [0.15, 0.2) is 0 Å². The van der Waals surface area contributed by atoms with Gasteiger partial charge in [-0.15, -0.1) is 0 Å². The Bertz CT molecular complexity index is 4620. The summed E-state index contributed by atoms with van der Waals surface area (Å²) >= 11 is 0. The number of pyridine rings is 1. The normalized spacial score (nSPS) is 13.5. The summed E-state index contributed by atoms with van der Waals surface area (Å²) < 4.78 is 67.8. The molecule has 0 saturated carbocycles. The molecule has 0 aliphatic carbocycles. The van der Waals surface area contributed by atoms with Crippen LogP contribution in [-0.2, 0) is 0 Å². The van der Waals surface area contributed by atoms with Gasteiger partial charge in [0.2, 0.25) is 0 Å². The number of hydrogen-bond acceptors (Lipinski definition) is 3. The van der Waals surface area contributed by atoms with E-state index in [0.717, 1.165) is 123 Å². The van der Waals surface area contributed by atoms with E-state index in [4.69, 9.17) is 16.3 Å². The van der Waals surface area contributed by atoms with E-state index in [-0.39, 0.29) is 46.0 Å². The number of rotatable bonds is 8. The van der Waals surface area contributed by atoms with Gasteiger partial charge < -0.3 is 4.42 Å². The van der Waals surface area contributed by atoms with Crippen molar-refractivity contribution in [3.8, 4) is 67.3 Å². The Morgan fingerprint density at radius 1 is 0.420 bits per heavy atom. The largest absolute Gasteiger partial charge is 0.455 e. The Morgan fingerprint density at radius 2 is 0.841 bits per heavy atom. The first-order valence-electron chi connectivity index (χ1n) is 26.5. The topological polar surface area (TPSA) is 38.4 Å². The lowest BCUT2D eigenvalue weighted by atomic mass is 9.84. The van der Waals surface area contributed by atoms with Gasteiger partial charge in [0.05, 0.1) is 26.5 Å². The van der Waals surface area contributed by atoms with E-state index in [2.05, 4.69) is 169 Å². The number of nitrogens with zero attached hydrogens (tertiary/aromatic N) is 2. The number of benzene rings is 11. The second kappa shape index (κ2) is 16.3. The van der Waals surface area contributed by atoms with Crippen LogP contribution in [0.25, 0.3) is 138 Å². The van der Waals surface area contributed by atoms with E-state index in [1.54, 1.807) is 0 Å². The number of hydrogen-bond donors (Lipinski definition) is 0. The third kappa shape index (κ3) is 6.43. The maximum Gasteiger partial charge on any atom is 0.143 e. The lowest BCUT2D eigenvalue weighted by molar-refractivity contribution is 0.600. The Labute approximate surface area is 409 Å². The van der Waals surface area contributed by atoms with Crippen molar-refractivity contribution in [3.63, 3.8) is 0 Å². The first-order chi connectivity index (χ1) is 37.2. The second-order valence-electron chi connectivity index (χ2n) is 17.2. The minimum atomic E-state index is -0.426. The smallest absolute Gasteiger partial charge is 0.143 e. The molecule has 2 heterocycles. The summed E-state index contributed by atoms with van der Waals surface area (Å²) in [4.78, 5) is 9.07. The highest BCUT2D eigenvalue weighted by Crippen LogP contribution is 2.54. The van der Waals surface area contributed by atoms with Crippen molar-refractivity contribution < 1.29 is 14.0 Å². The summed E-state index contributed by atoms with van der Waals surface area (Å²) in [5.74, 6) is 1.53. The van der Waals surface area contributed by atoms with Crippen molar-refractivity contribution in [3.05, 3.63) is 236 Å². The Balaban J connectivity index is 1.09. The zero-order valence-corrected chi connectivity index (χ0v) is 37.0. The summed E-state index contributed by atoms with van der Waals surface area (Å²) in [5, 5.41) is 10.2. The molecule has 3 nitrogen and oxygen atoms in total. The molecule has 0 N–H and O–H groups in total. The molecule has 0 saturated heterocycles. The van der Waals surface area contributed by atoms with E-state index < -0.39 is 12.1 Å². The lowest BCUT2D eigenvalue weighted by Crippen LogP contribution is -1.93. The minimum absolute atomic E-state index is 0.00503. The van der Waals surface area contributed by atoms with Gasteiger partial charge in [-0.2, -0.15) is 0 Å². The molecule has 0 fully saturated rings. The molecule has 2 aromatic heterocycles. The van der Waals surface area contributed by atoms with E-state index >= 15 is 0 Å². The molecule has 0 unspecified atom stereocenters. The molecular formula is C66H42N2O. The first kappa shape index (κ1) is 33.3. The van der Waals surface area contributed by atoms with Crippen molar-refractivity contribution in [2.24, 2.45) is 4.99 Å². The average molecular weight is 886 g/mol. The standard InChI is InChI=1S/C66H42N2O/c1-3-41-33-34-45-35-40-60(68-64(45)63(41)67-2)55-38-36-53(49-26-10-12-28-51(49)55)54-37-39-57(52-29-13-11-27-50(52)54)62-61(56-30-14-20-42-17-4-7-23-46(42)56)65(58-31-15-21-43-18-5-8-24-47(43)58)69-66(62)59-32-16-22-44-19-6-9-25-48(44)59/h3-40H,1-2H2/i1D,2D,3D,33D,34D,35D,40D. The van der Waals surface area contributed by atoms with Crippen LogP contribution in [0.4, 0.5) is 5.69 Å². The predicted molar refractivity (Wildman–Crippen MR) is 293 cm³/mol. The molecule has 0 radical (unpaired) electrons. The maximum absolute atomic E-state index is 9.32. The van der Waals surface area contributed by atoms with Gasteiger partial charge >= 0.3 is 0 Å². The molecule has 322 valence electrons. The van der Waals surface area contributed by atoms with Crippen LogP contribution in [0.5, 0.6) is 0 Å². The summed E-state index contributed by atoms with van der Waals surface area (Å²) in [6.45, 7) is 1.50. The predicted octanol–water partition coefficient (Wildman–Crippen LogP) is 18.6. The second-order valence-corrected chi connectivity index (χ2v) is 17.2. The fraction of sp³-hybridized carbons (Fsp3) is 0. The zero-order valence-electron chi connectivity index (χ0n) is 44.0. The number of furan rings is 1. The molecule has 69 heavy (non-hydrogen) atoms. The van der Waals surface area contributed by atoms with Gasteiger partial charge in [-0.3, -0.25) is 4.99 Å². The van der Waals surface area contributed by atoms with E-state index in [0.29, 0.717) is 5.56 Å². The highest BCUT2D eigenvalue weighted by molar-refractivity contribution is 6.18. The van der Waals surface area contributed by atoms with Gasteiger partial charge in [0, 0.05) is 38.8 Å². The average Bonchev–Trinajstić information content (AvgIpc) is 4.00. The molecule has 13 aromatic rings. The molecule has 0 aliphatic rings.